The summed E-state index contributed by atoms with van der Waals surface area (Å²) in [5.74, 6) is 0. The summed E-state index contributed by atoms with van der Waals surface area (Å²) < 4.78 is 0. The molecule has 0 aliphatic heterocycles. The predicted molar refractivity (Wildman–Crippen MR) is 54.8 cm³/mol. The van der Waals surface area contributed by atoms with Gasteiger partial charge >= 0.3 is 0 Å². The maximum atomic E-state index is 3.93. The van der Waals surface area contributed by atoms with Crippen molar-refractivity contribution in [2.45, 2.75) is 0 Å². The van der Waals surface area contributed by atoms with Crippen LogP contribution in [-0.4, -0.2) is 0 Å². The third kappa shape index (κ3) is 2.24. The topological polar surface area (TPSA) is 0 Å². The molecule has 60 valence electrons. The van der Waals surface area contributed by atoms with E-state index in [9.17, 15) is 0 Å². The molecule has 0 heteroatoms. The summed E-state index contributed by atoms with van der Waals surface area (Å²) in [5.41, 5.74) is 2.16. The second kappa shape index (κ2) is 4.35. The Labute approximate surface area is 73.6 Å². The first-order chi connectivity index (χ1) is 5.84. The monoisotopic (exact) mass is 156 g/mol. The Morgan fingerprint density at radius 3 is 2.42 bits per heavy atom. The van der Waals surface area contributed by atoms with Crippen molar-refractivity contribution in [1.29, 1.82) is 0 Å². The molecule has 1 aromatic carbocycles. The Hall–Kier alpha value is -1.56. The van der Waals surface area contributed by atoms with Gasteiger partial charge in [0.15, 0.2) is 0 Å². The van der Waals surface area contributed by atoms with Gasteiger partial charge in [0.2, 0.25) is 0 Å². The van der Waals surface area contributed by atoms with Crippen LogP contribution in [0.5, 0.6) is 0 Å². The van der Waals surface area contributed by atoms with E-state index >= 15 is 0 Å². The van der Waals surface area contributed by atoms with Gasteiger partial charge in [0.1, 0.15) is 0 Å². The number of benzene rings is 1. The largest absolute Gasteiger partial charge is 0.0991 e. The number of rotatable bonds is 3. The molecule has 0 saturated heterocycles. The minimum absolute atomic E-state index is 1.01. The SMILES string of the molecule is C=C/C=C/C(=C)c1ccccc1. The highest BCUT2D eigenvalue weighted by Crippen LogP contribution is 2.12. The smallest absolute Gasteiger partial charge is 0.0190 e. The molecule has 0 heterocycles. The summed E-state index contributed by atoms with van der Waals surface area (Å²) in [4.78, 5) is 0. The van der Waals surface area contributed by atoms with Gasteiger partial charge in [-0.3, -0.25) is 0 Å². The molecule has 0 N–H and O–H groups in total. The average molecular weight is 156 g/mol. The second-order valence-corrected chi connectivity index (χ2v) is 2.49. The van der Waals surface area contributed by atoms with E-state index in [-0.39, 0.29) is 0 Å². The molecule has 0 unspecified atom stereocenters. The normalized spacial score (nSPS) is 10.0. The molecular weight excluding hydrogens is 144 g/mol. The van der Waals surface area contributed by atoms with Crippen molar-refractivity contribution in [3.63, 3.8) is 0 Å². The third-order valence-electron chi connectivity index (χ3n) is 1.58. The van der Waals surface area contributed by atoms with E-state index in [4.69, 9.17) is 0 Å². The van der Waals surface area contributed by atoms with E-state index < -0.39 is 0 Å². The summed E-state index contributed by atoms with van der Waals surface area (Å²) >= 11 is 0. The van der Waals surface area contributed by atoms with Crippen molar-refractivity contribution in [2.24, 2.45) is 0 Å². The first kappa shape index (κ1) is 8.54. The van der Waals surface area contributed by atoms with Crippen molar-refractivity contribution in [1.82, 2.24) is 0 Å². The summed E-state index contributed by atoms with van der Waals surface area (Å²) in [6, 6.07) is 10.1. The quantitative estimate of drug-likeness (QED) is 0.588. The minimum Gasteiger partial charge on any atom is -0.0991 e. The molecule has 0 spiro atoms. The van der Waals surface area contributed by atoms with Gasteiger partial charge in [-0.05, 0) is 11.1 Å². The molecule has 0 amide bonds. The summed E-state index contributed by atoms with van der Waals surface area (Å²) in [5, 5.41) is 0. The van der Waals surface area contributed by atoms with Crippen molar-refractivity contribution >= 4 is 5.57 Å². The highest BCUT2D eigenvalue weighted by atomic mass is 13.9. The van der Waals surface area contributed by atoms with Crippen LogP contribution in [-0.2, 0) is 0 Å². The van der Waals surface area contributed by atoms with E-state index in [1.54, 1.807) is 6.08 Å². The van der Waals surface area contributed by atoms with Gasteiger partial charge in [-0.25, -0.2) is 0 Å². The third-order valence-corrected chi connectivity index (χ3v) is 1.58. The zero-order chi connectivity index (χ0) is 8.81. The maximum Gasteiger partial charge on any atom is -0.0190 e. The molecule has 0 radical (unpaired) electrons. The molecule has 0 fully saturated rings. The lowest BCUT2D eigenvalue weighted by molar-refractivity contribution is 1.63. The summed E-state index contributed by atoms with van der Waals surface area (Å²) in [7, 11) is 0. The fourth-order valence-electron chi connectivity index (χ4n) is 0.933. The average Bonchev–Trinajstić information content (AvgIpc) is 2.15. The van der Waals surface area contributed by atoms with Gasteiger partial charge in [0.25, 0.3) is 0 Å². The molecule has 0 bridgehead atoms. The van der Waals surface area contributed by atoms with Crippen molar-refractivity contribution in [2.75, 3.05) is 0 Å². The van der Waals surface area contributed by atoms with Crippen LogP contribution in [0.4, 0.5) is 0 Å². The van der Waals surface area contributed by atoms with Gasteiger partial charge in [-0.15, -0.1) is 0 Å². The number of hydrogen-bond acceptors (Lipinski definition) is 0. The van der Waals surface area contributed by atoms with E-state index in [1.165, 1.54) is 0 Å². The second-order valence-electron chi connectivity index (χ2n) is 2.49. The summed E-state index contributed by atoms with van der Waals surface area (Å²) in [6.07, 6.45) is 5.58. The highest BCUT2D eigenvalue weighted by Gasteiger charge is 1.90. The van der Waals surface area contributed by atoms with Gasteiger partial charge in [-0.1, -0.05) is 61.7 Å². The molecule has 1 aromatic rings. The zero-order valence-corrected chi connectivity index (χ0v) is 7.03. The molecular formula is C12H12. The standard InChI is InChI=1S/C12H12/c1-3-4-8-11(2)12-9-6-5-7-10-12/h3-10H,1-2H2/b8-4+. The van der Waals surface area contributed by atoms with Crippen LogP contribution in [0, 0.1) is 0 Å². The molecule has 1 rings (SSSR count). The van der Waals surface area contributed by atoms with Crippen LogP contribution in [0.1, 0.15) is 5.56 Å². The molecule has 12 heavy (non-hydrogen) atoms. The Kier molecular flexibility index (Phi) is 3.09. The van der Waals surface area contributed by atoms with Crippen LogP contribution in [0.15, 0.2) is 61.7 Å². The van der Waals surface area contributed by atoms with Gasteiger partial charge in [0.05, 0.1) is 0 Å². The lowest BCUT2D eigenvalue weighted by Gasteiger charge is -1.97. The lowest BCUT2D eigenvalue weighted by atomic mass is 10.1. The zero-order valence-electron chi connectivity index (χ0n) is 7.03. The number of hydrogen-bond donors (Lipinski definition) is 0. The van der Waals surface area contributed by atoms with Crippen LogP contribution >= 0.6 is 0 Å². The molecule has 0 atom stereocenters. The van der Waals surface area contributed by atoms with Gasteiger partial charge < -0.3 is 0 Å². The van der Waals surface area contributed by atoms with Crippen molar-refractivity contribution in [3.8, 4) is 0 Å². The van der Waals surface area contributed by atoms with E-state index in [0.29, 0.717) is 0 Å². The first-order valence-corrected chi connectivity index (χ1v) is 3.88. The maximum absolute atomic E-state index is 3.93. The van der Waals surface area contributed by atoms with E-state index in [0.717, 1.165) is 11.1 Å². The van der Waals surface area contributed by atoms with Gasteiger partial charge in [-0.2, -0.15) is 0 Å². The Bertz CT molecular complexity index is 291. The number of allylic oxidation sites excluding steroid dienone is 4. The Morgan fingerprint density at radius 2 is 1.83 bits per heavy atom. The van der Waals surface area contributed by atoms with Crippen LogP contribution in [0.25, 0.3) is 5.57 Å². The molecule has 0 aromatic heterocycles. The van der Waals surface area contributed by atoms with Gasteiger partial charge in [0, 0.05) is 0 Å². The Morgan fingerprint density at radius 1 is 1.17 bits per heavy atom. The fourth-order valence-corrected chi connectivity index (χ4v) is 0.933. The highest BCUT2D eigenvalue weighted by molar-refractivity contribution is 5.71. The molecule has 0 saturated carbocycles. The summed E-state index contributed by atoms with van der Waals surface area (Å²) in [6.45, 7) is 7.53. The van der Waals surface area contributed by atoms with Crippen molar-refractivity contribution in [3.05, 3.63) is 67.3 Å². The van der Waals surface area contributed by atoms with E-state index in [2.05, 4.69) is 13.2 Å². The van der Waals surface area contributed by atoms with E-state index in [1.807, 2.05) is 42.5 Å². The lowest BCUT2D eigenvalue weighted by Crippen LogP contribution is -1.75. The predicted octanol–water partition coefficient (Wildman–Crippen LogP) is 3.44. The Balaban J connectivity index is 2.79. The van der Waals surface area contributed by atoms with Crippen LogP contribution in [0.3, 0.4) is 0 Å². The van der Waals surface area contributed by atoms with Crippen molar-refractivity contribution < 1.29 is 0 Å². The first-order valence-electron chi connectivity index (χ1n) is 3.88. The minimum atomic E-state index is 1.01. The molecule has 0 aliphatic carbocycles. The molecule has 0 nitrogen and oxygen atoms in total. The van der Waals surface area contributed by atoms with Crippen LogP contribution in [0.2, 0.25) is 0 Å². The van der Waals surface area contributed by atoms with Crippen LogP contribution < -0.4 is 0 Å². The fraction of sp³-hybridized carbons (Fsp3) is 0. The molecule has 0 aliphatic rings.